The van der Waals surface area contributed by atoms with Gasteiger partial charge in [0.05, 0.1) is 5.92 Å². The highest BCUT2D eigenvalue weighted by Crippen LogP contribution is 2.30. The maximum absolute atomic E-state index is 11.5. The number of amides is 1. The normalized spacial score (nSPS) is 24.6. The van der Waals surface area contributed by atoms with E-state index in [1.165, 1.54) is 16.7 Å². The first-order valence-corrected chi connectivity index (χ1v) is 6.19. The molecular weight excluding hydrogens is 212 g/mol. The second kappa shape index (κ2) is 4.88. The number of rotatable bonds is 2. The smallest absolute Gasteiger partial charge is 0.222 e. The van der Waals surface area contributed by atoms with Crippen LogP contribution in [0.4, 0.5) is 0 Å². The maximum Gasteiger partial charge on any atom is 0.222 e. The Balaban J connectivity index is 2.32. The Labute approximate surface area is 102 Å². The van der Waals surface area contributed by atoms with Crippen LogP contribution in [0.15, 0.2) is 18.2 Å². The molecule has 1 amide bonds. The summed E-state index contributed by atoms with van der Waals surface area (Å²) >= 11 is 0. The molecular formula is C14H20N2O. The molecule has 0 saturated carbocycles. The predicted molar refractivity (Wildman–Crippen MR) is 68.6 cm³/mol. The van der Waals surface area contributed by atoms with Gasteiger partial charge in [-0.05, 0) is 38.8 Å². The Hall–Kier alpha value is -1.35. The average Bonchev–Trinajstić information content (AvgIpc) is 2.27. The highest BCUT2D eigenvalue weighted by Gasteiger charge is 2.30. The third-order valence-electron chi connectivity index (χ3n) is 3.43. The van der Waals surface area contributed by atoms with Crippen molar-refractivity contribution in [2.75, 3.05) is 6.54 Å². The minimum absolute atomic E-state index is 0.0788. The van der Waals surface area contributed by atoms with Gasteiger partial charge in [0, 0.05) is 6.04 Å². The number of carbonyl (C=O) groups excluding carboxylic acids is 1. The zero-order chi connectivity index (χ0) is 12.4. The van der Waals surface area contributed by atoms with E-state index in [0.717, 1.165) is 19.4 Å². The van der Waals surface area contributed by atoms with Crippen LogP contribution >= 0.6 is 0 Å². The number of hydrogen-bond donors (Lipinski definition) is 2. The molecule has 1 aliphatic rings. The number of piperidine rings is 1. The first-order valence-electron chi connectivity index (χ1n) is 6.19. The molecule has 3 N–H and O–H groups in total. The lowest BCUT2D eigenvalue weighted by atomic mass is 9.85. The van der Waals surface area contributed by atoms with Gasteiger partial charge in [0.25, 0.3) is 0 Å². The van der Waals surface area contributed by atoms with Crippen LogP contribution in [0, 0.1) is 19.8 Å². The van der Waals surface area contributed by atoms with Crippen LogP contribution in [0.2, 0.25) is 0 Å². The van der Waals surface area contributed by atoms with Crippen LogP contribution in [0.25, 0.3) is 0 Å². The van der Waals surface area contributed by atoms with Crippen molar-refractivity contribution in [2.24, 2.45) is 11.7 Å². The number of primary amides is 1. The number of nitrogens with one attached hydrogen (secondary N) is 1. The quantitative estimate of drug-likeness (QED) is 0.817. The average molecular weight is 232 g/mol. The van der Waals surface area contributed by atoms with Crippen molar-refractivity contribution in [3.05, 3.63) is 34.9 Å². The van der Waals surface area contributed by atoms with E-state index in [2.05, 4.69) is 37.4 Å². The van der Waals surface area contributed by atoms with E-state index in [1.54, 1.807) is 0 Å². The van der Waals surface area contributed by atoms with Gasteiger partial charge >= 0.3 is 0 Å². The summed E-state index contributed by atoms with van der Waals surface area (Å²) in [6, 6.07) is 6.52. The number of nitrogens with two attached hydrogens (primary N) is 1. The summed E-state index contributed by atoms with van der Waals surface area (Å²) in [5, 5.41) is 3.42. The lowest BCUT2D eigenvalue weighted by molar-refractivity contribution is -0.123. The molecule has 3 nitrogen and oxygen atoms in total. The van der Waals surface area contributed by atoms with Crippen molar-refractivity contribution in [2.45, 2.75) is 32.7 Å². The number of benzene rings is 1. The first-order chi connectivity index (χ1) is 8.08. The molecule has 0 aromatic heterocycles. The van der Waals surface area contributed by atoms with E-state index in [9.17, 15) is 4.79 Å². The SMILES string of the molecule is Cc1cc(C)cc(C2NCCCC2C(N)=O)c1. The second-order valence-electron chi connectivity index (χ2n) is 5.00. The molecule has 2 unspecified atom stereocenters. The number of carbonyl (C=O) groups is 1. The van der Waals surface area contributed by atoms with Gasteiger partial charge in [0.15, 0.2) is 0 Å². The van der Waals surface area contributed by atoms with Crippen LogP contribution in [-0.2, 0) is 4.79 Å². The maximum atomic E-state index is 11.5. The largest absolute Gasteiger partial charge is 0.369 e. The van der Waals surface area contributed by atoms with Crippen molar-refractivity contribution < 1.29 is 4.79 Å². The molecule has 0 bridgehead atoms. The minimum Gasteiger partial charge on any atom is -0.369 e. The summed E-state index contributed by atoms with van der Waals surface area (Å²) in [7, 11) is 0. The van der Waals surface area contributed by atoms with Crippen LogP contribution in [0.5, 0.6) is 0 Å². The van der Waals surface area contributed by atoms with Crippen LogP contribution in [0.3, 0.4) is 0 Å². The summed E-state index contributed by atoms with van der Waals surface area (Å²) in [5.41, 5.74) is 9.14. The van der Waals surface area contributed by atoms with Gasteiger partial charge in [0.2, 0.25) is 5.91 Å². The molecule has 0 spiro atoms. The van der Waals surface area contributed by atoms with E-state index in [4.69, 9.17) is 5.73 Å². The molecule has 2 rings (SSSR count). The van der Waals surface area contributed by atoms with Gasteiger partial charge in [0.1, 0.15) is 0 Å². The summed E-state index contributed by atoms with van der Waals surface area (Å²) in [5.74, 6) is -0.272. The summed E-state index contributed by atoms with van der Waals surface area (Å²) in [4.78, 5) is 11.5. The Kier molecular flexibility index (Phi) is 3.48. The molecule has 2 atom stereocenters. The third-order valence-corrected chi connectivity index (χ3v) is 3.43. The van der Waals surface area contributed by atoms with Crippen LogP contribution in [0.1, 0.15) is 35.6 Å². The van der Waals surface area contributed by atoms with Gasteiger partial charge in [-0.25, -0.2) is 0 Å². The molecule has 1 aliphatic heterocycles. The summed E-state index contributed by atoms with van der Waals surface area (Å²) in [6.45, 7) is 5.12. The lowest BCUT2D eigenvalue weighted by Crippen LogP contribution is -2.41. The van der Waals surface area contributed by atoms with Crippen molar-refractivity contribution >= 4 is 5.91 Å². The van der Waals surface area contributed by atoms with Crippen LogP contribution in [-0.4, -0.2) is 12.5 Å². The van der Waals surface area contributed by atoms with Crippen LogP contribution < -0.4 is 11.1 Å². The van der Waals surface area contributed by atoms with Crippen molar-refractivity contribution in [3.63, 3.8) is 0 Å². The fourth-order valence-electron chi connectivity index (χ4n) is 2.73. The van der Waals surface area contributed by atoms with Crippen molar-refractivity contribution in [3.8, 4) is 0 Å². The predicted octanol–water partition coefficient (Wildman–Crippen LogP) is 1.83. The molecule has 0 radical (unpaired) electrons. The lowest BCUT2D eigenvalue weighted by Gasteiger charge is -2.31. The summed E-state index contributed by atoms with van der Waals surface area (Å²) < 4.78 is 0. The standard InChI is InChI=1S/C14H20N2O/c1-9-6-10(2)8-11(7-9)13-12(14(15)17)4-3-5-16-13/h6-8,12-13,16H,3-5H2,1-2H3,(H2,15,17). The Bertz CT molecular complexity index is 408. The van der Waals surface area contributed by atoms with Gasteiger partial charge in [-0.1, -0.05) is 29.3 Å². The minimum atomic E-state index is -0.193. The van der Waals surface area contributed by atoms with Gasteiger partial charge in [-0.2, -0.15) is 0 Å². The van der Waals surface area contributed by atoms with Crippen molar-refractivity contribution in [1.29, 1.82) is 0 Å². The van der Waals surface area contributed by atoms with Gasteiger partial charge in [-0.15, -0.1) is 0 Å². The van der Waals surface area contributed by atoms with E-state index in [-0.39, 0.29) is 17.9 Å². The first kappa shape index (κ1) is 12.1. The molecule has 1 saturated heterocycles. The number of aryl methyl sites for hydroxylation is 2. The molecule has 1 aromatic carbocycles. The Morgan fingerprint density at radius 2 is 1.94 bits per heavy atom. The van der Waals surface area contributed by atoms with E-state index >= 15 is 0 Å². The van der Waals surface area contributed by atoms with E-state index < -0.39 is 0 Å². The van der Waals surface area contributed by atoms with Crippen molar-refractivity contribution in [1.82, 2.24) is 5.32 Å². The number of hydrogen-bond acceptors (Lipinski definition) is 2. The molecule has 1 heterocycles. The molecule has 1 aromatic rings. The topological polar surface area (TPSA) is 55.1 Å². The summed E-state index contributed by atoms with van der Waals surface area (Å²) in [6.07, 6.45) is 1.91. The zero-order valence-corrected chi connectivity index (χ0v) is 10.5. The monoisotopic (exact) mass is 232 g/mol. The Morgan fingerprint density at radius 3 is 2.53 bits per heavy atom. The molecule has 3 heteroatoms. The fraction of sp³-hybridized carbons (Fsp3) is 0.500. The highest BCUT2D eigenvalue weighted by atomic mass is 16.1. The molecule has 1 fully saturated rings. The fourth-order valence-corrected chi connectivity index (χ4v) is 2.73. The van der Waals surface area contributed by atoms with Gasteiger partial charge in [-0.3, -0.25) is 4.79 Å². The van der Waals surface area contributed by atoms with Gasteiger partial charge < -0.3 is 11.1 Å². The molecule has 0 aliphatic carbocycles. The molecule has 17 heavy (non-hydrogen) atoms. The molecule has 92 valence electrons. The van der Waals surface area contributed by atoms with E-state index in [0.29, 0.717) is 0 Å². The highest BCUT2D eigenvalue weighted by molar-refractivity contribution is 5.77. The Morgan fingerprint density at radius 1 is 1.29 bits per heavy atom. The zero-order valence-electron chi connectivity index (χ0n) is 10.5. The third kappa shape index (κ3) is 2.67. The van der Waals surface area contributed by atoms with E-state index in [1.807, 2.05) is 0 Å². The second-order valence-corrected chi connectivity index (χ2v) is 5.00.